The fraction of sp³-hybridized carbons (Fsp3) is 0.0833. The summed E-state index contributed by atoms with van der Waals surface area (Å²) in [6.07, 6.45) is 3.10. The number of carbonyl (C=O) groups is 1. The fourth-order valence-electron chi connectivity index (χ4n) is 1.50. The first kappa shape index (κ1) is 11.8. The monoisotopic (exact) mass is 243 g/mol. The van der Waals surface area contributed by atoms with E-state index in [9.17, 15) is 4.79 Å². The van der Waals surface area contributed by atoms with Crippen LogP contribution in [0.4, 0.5) is 17.2 Å². The number of carbonyl (C=O) groups excluding carboxylic acids is 1. The Morgan fingerprint density at radius 2 is 2.17 bits per heavy atom. The maximum Gasteiger partial charge on any atom is 0.250 e. The van der Waals surface area contributed by atoms with Gasteiger partial charge in [-0.25, -0.2) is 4.98 Å². The standard InChI is InChI=1S/C12H13N5O/c1-7-10(3-2-4-15-7)17-11-5-8(12(14)18)9(13)6-16-11/h2-6H,13H2,1H3,(H2,14,18)(H,16,17). The van der Waals surface area contributed by atoms with Crippen molar-refractivity contribution >= 4 is 23.1 Å². The van der Waals surface area contributed by atoms with E-state index in [1.54, 1.807) is 6.20 Å². The Kier molecular flexibility index (Phi) is 3.09. The molecule has 2 aromatic heterocycles. The second kappa shape index (κ2) is 4.70. The Hall–Kier alpha value is -2.63. The lowest BCUT2D eigenvalue weighted by atomic mass is 10.2. The molecule has 0 saturated carbocycles. The highest BCUT2D eigenvalue weighted by molar-refractivity contribution is 5.98. The zero-order valence-electron chi connectivity index (χ0n) is 9.84. The maximum absolute atomic E-state index is 11.2. The van der Waals surface area contributed by atoms with Crippen LogP contribution in [0, 0.1) is 6.92 Å². The molecule has 2 heterocycles. The number of pyridine rings is 2. The van der Waals surface area contributed by atoms with Gasteiger partial charge in [-0.2, -0.15) is 0 Å². The first-order chi connectivity index (χ1) is 8.58. The third kappa shape index (κ3) is 2.37. The summed E-state index contributed by atoms with van der Waals surface area (Å²) in [5.41, 5.74) is 13.0. The average molecular weight is 243 g/mol. The Balaban J connectivity index is 2.33. The summed E-state index contributed by atoms with van der Waals surface area (Å²) in [6, 6.07) is 5.19. The van der Waals surface area contributed by atoms with Crippen molar-refractivity contribution in [1.29, 1.82) is 0 Å². The molecule has 0 bridgehead atoms. The lowest BCUT2D eigenvalue weighted by Crippen LogP contribution is -2.14. The van der Waals surface area contributed by atoms with Gasteiger partial charge in [0.25, 0.3) is 5.91 Å². The molecule has 6 heteroatoms. The highest BCUT2D eigenvalue weighted by atomic mass is 16.1. The van der Waals surface area contributed by atoms with Gasteiger partial charge in [0.2, 0.25) is 0 Å². The van der Waals surface area contributed by atoms with Gasteiger partial charge in [-0.15, -0.1) is 0 Å². The van der Waals surface area contributed by atoms with Crippen molar-refractivity contribution in [2.24, 2.45) is 5.73 Å². The van der Waals surface area contributed by atoms with Crippen molar-refractivity contribution in [3.05, 3.63) is 41.9 Å². The molecule has 6 nitrogen and oxygen atoms in total. The van der Waals surface area contributed by atoms with E-state index in [-0.39, 0.29) is 11.3 Å². The van der Waals surface area contributed by atoms with Crippen LogP contribution < -0.4 is 16.8 Å². The normalized spacial score (nSPS) is 10.1. The number of anilines is 3. The van der Waals surface area contributed by atoms with Gasteiger partial charge in [0, 0.05) is 6.20 Å². The summed E-state index contributed by atoms with van der Waals surface area (Å²) < 4.78 is 0. The van der Waals surface area contributed by atoms with E-state index in [2.05, 4.69) is 15.3 Å². The third-order valence-corrected chi connectivity index (χ3v) is 2.47. The van der Waals surface area contributed by atoms with Crippen LogP contribution in [0.25, 0.3) is 0 Å². The molecule has 0 aliphatic rings. The molecular weight excluding hydrogens is 230 g/mol. The van der Waals surface area contributed by atoms with Crippen molar-refractivity contribution in [1.82, 2.24) is 9.97 Å². The number of nitrogen functional groups attached to an aromatic ring is 1. The maximum atomic E-state index is 11.2. The number of rotatable bonds is 3. The molecule has 0 aliphatic carbocycles. The average Bonchev–Trinajstić information content (AvgIpc) is 2.34. The van der Waals surface area contributed by atoms with Crippen LogP contribution in [0.2, 0.25) is 0 Å². The fourth-order valence-corrected chi connectivity index (χ4v) is 1.50. The molecule has 0 unspecified atom stereocenters. The Bertz CT molecular complexity index is 597. The van der Waals surface area contributed by atoms with Crippen molar-refractivity contribution in [2.75, 3.05) is 11.1 Å². The van der Waals surface area contributed by atoms with Gasteiger partial charge in [0.05, 0.1) is 28.8 Å². The number of nitrogens with two attached hydrogens (primary N) is 2. The van der Waals surface area contributed by atoms with E-state index >= 15 is 0 Å². The van der Waals surface area contributed by atoms with Crippen molar-refractivity contribution in [3.8, 4) is 0 Å². The van der Waals surface area contributed by atoms with Gasteiger partial charge < -0.3 is 16.8 Å². The molecule has 2 rings (SSSR count). The summed E-state index contributed by atoms with van der Waals surface area (Å²) >= 11 is 0. The molecule has 5 N–H and O–H groups in total. The summed E-state index contributed by atoms with van der Waals surface area (Å²) in [6.45, 7) is 1.87. The molecule has 2 aromatic rings. The third-order valence-electron chi connectivity index (χ3n) is 2.47. The summed E-state index contributed by atoms with van der Waals surface area (Å²) in [4.78, 5) is 19.4. The molecule has 0 aromatic carbocycles. The van der Waals surface area contributed by atoms with Crippen LogP contribution in [-0.4, -0.2) is 15.9 Å². The van der Waals surface area contributed by atoms with Crippen LogP contribution in [0.3, 0.4) is 0 Å². The van der Waals surface area contributed by atoms with Crippen LogP contribution in [0.15, 0.2) is 30.6 Å². The van der Waals surface area contributed by atoms with Gasteiger partial charge >= 0.3 is 0 Å². The largest absolute Gasteiger partial charge is 0.397 e. The van der Waals surface area contributed by atoms with Crippen LogP contribution in [0.1, 0.15) is 16.1 Å². The Morgan fingerprint density at radius 1 is 1.39 bits per heavy atom. The zero-order chi connectivity index (χ0) is 13.1. The van der Waals surface area contributed by atoms with E-state index in [1.165, 1.54) is 12.3 Å². The number of hydrogen-bond donors (Lipinski definition) is 3. The van der Waals surface area contributed by atoms with Crippen LogP contribution >= 0.6 is 0 Å². The molecule has 1 amide bonds. The first-order valence-corrected chi connectivity index (χ1v) is 5.32. The van der Waals surface area contributed by atoms with Gasteiger partial charge in [-0.1, -0.05) is 0 Å². The summed E-state index contributed by atoms with van der Waals surface area (Å²) in [5, 5.41) is 3.06. The second-order valence-electron chi connectivity index (χ2n) is 3.78. The minimum atomic E-state index is -0.583. The molecule has 92 valence electrons. The lowest BCUT2D eigenvalue weighted by Gasteiger charge is -2.09. The number of hydrogen-bond acceptors (Lipinski definition) is 5. The second-order valence-corrected chi connectivity index (χ2v) is 3.78. The molecular formula is C12H13N5O. The Labute approximate surface area is 104 Å². The highest BCUT2D eigenvalue weighted by Crippen LogP contribution is 2.20. The van der Waals surface area contributed by atoms with E-state index in [0.717, 1.165) is 11.4 Å². The predicted molar refractivity (Wildman–Crippen MR) is 69.4 cm³/mol. The van der Waals surface area contributed by atoms with Crippen molar-refractivity contribution < 1.29 is 4.79 Å². The minimum absolute atomic E-state index is 0.244. The molecule has 0 radical (unpaired) electrons. The van der Waals surface area contributed by atoms with Crippen LogP contribution in [-0.2, 0) is 0 Å². The lowest BCUT2D eigenvalue weighted by molar-refractivity contribution is 0.100. The van der Waals surface area contributed by atoms with Gasteiger partial charge in [-0.3, -0.25) is 9.78 Å². The smallest absolute Gasteiger partial charge is 0.250 e. The van der Waals surface area contributed by atoms with Gasteiger partial charge in [-0.05, 0) is 25.1 Å². The number of nitrogens with zero attached hydrogens (tertiary/aromatic N) is 2. The van der Waals surface area contributed by atoms with E-state index in [1.807, 2.05) is 19.1 Å². The Morgan fingerprint density at radius 3 is 2.83 bits per heavy atom. The van der Waals surface area contributed by atoms with E-state index in [0.29, 0.717) is 5.82 Å². The van der Waals surface area contributed by atoms with Gasteiger partial charge in [0.15, 0.2) is 0 Å². The summed E-state index contributed by atoms with van der Waals surface area (Å²) in [7, 11) is 0. The highest BCUT2D eigenvalue weighted by Gasteiger charge is 2.08. The number of primary amides is 1. The predicted octanol–water partition coefficient (Wildman–Crippen LogP) is 1.21. The number of aryl methyl sites for hydroxylation is 1. The zero-order valence-corrected chi connectivity index (χ0v) is 9.84. The van der Waals surface area contributed by atoms with Crippen molar-refractivity contribution in [2.45, 2.75) is 6.92 Å². The first-order valence-electron chi connectivity index (χ1n) is 5.32. The van der Waals surface area contributed by atoms with Gasteiger partial charge in [0.1, 0.15) is 5.82 Å². The number of amides is 1. The molecule has 0 saturated heterocycles. The SMILES string of the molecule is Cc1ncccc1Nc1cc(C(N)=O)c(N)cn1. The number of aromatic nitrogens is 2. The quantitative estimate of drug-likeness (QED) is 0.751. The topological polar surface area (TPSA) is 107 Å². The molecule has 18 heavy (non-hydrogen) atoms. The molecule has 0 fully saturated rings. The summed E-state index contributed by atoms with van der Waals surface area (Å²) in [5.74, 6) is -0.0880. The molecule has 0 aliphatic heterocycles. The van der Waals surface area contributed by atoms with E-state index in [4.69, 9.17) is 11.5 Å². The van der Waals surface area contributed by atoms with E-state index < -0.39 is 5.91 Å². The number of nitrogens with one attached hydrogen (secondary N) is 1. The van der Waals surface area contributed by atoms with Crippen LogP contribution in [0.5, 0.6) is 0 Å². The minimum Gasteiger partial charge on any atom is -0.397 e. The molecule has 0 atom stereocenters. The molecule has 0 spiro atoms. The van der Waals surface area contributed by atoms with Crippen molar-refractivity contribution in [3.63, 3.8) is 0 Å².